The van der Waals surface area contributed by atoms with Gasteiger partial charge in [-0.15, -0.1) is 0 Å². The summed E-state index contributed by atoms with van der Waals surface area (Å²) in [7, 11) is 0. The predicted molar refractivity (Wildman–Crippen MR) is 135 cm³/mol. The molecule has 0 amide bonds. The highest BCUT2D eigenvalue weighted by molar-refractivity contribution is 5.79. The molecule has 0 aromatic carbocycles. The summed E-state index contributed by atoms with van der Waals surface area (Å²) >= 11 is 0. The Hall–Kier alpha value is -4.25. The molecule has 0 bridgehead atoms. The Morgan fingerprint density at radius 2 is 1.97 bits per heavy atom. The van der Waals surface area contributed by atoms with Crippen LogP contribution in [0, 0.1) is 6.92 Å². The Bertz CT molecular complexity index is 1480. The van der Waals surface area contributed by atoms with Crippen molar-refractivity contribution in [1.82, 2.24) is 29.3 Å². The van der Waals surface area contributed by atoms with Crippen molar-refractivity contribution < 1.29 is 13.9 Å². The van der Waals surface area contributed by atoms with Crippen molar-refractivity contribution >= 4 is 23.6 Å². The molecular formula is C25H26F2N8O. The molecular weight excluding hydrogens is 466 g/mol. The molecule has 1 atom stereocenters. The molecule has 4 heterocycles. The van der Waals surface area contributed by atoms with E-state index >= 15 is 0 Å². The molecule has 0 aliphatic carbocycles. The van der Waals surface area contributed by atoms with Gasteiger partial charge in [0.1, 0.15) is 23.7 Å². The fraction of sp³-hybridized carbons (Fsp3) is 0.240. The monoisotopic (exact) mass is 492 g/mol. The summed E-state index contributed by atoms with van der Waals surface area (Å²) in [5.41, 5.74) is 3.61. The third kappa shape index (κ3) is 5.05. The van der Waals surface area contributed by atoms with Crippen LogP contribution in [-0.4, -0.2) is 41.1 Å². The highest BCUT2D eigenvalue weighted by Gasteiger charge is 2.20. The zero-order valence-corrected chi connectivity index (χ0v) is 20.3. The molecule has 0 aliphatic rings. The minimum Gasteiger partial charge on any atom is -0.389 e. The Balaban J connectivity index is 1.72. The molecule has 36 heavy (non-hydrogen) atoms. The van der Waals surface area contributed by atoms with Crippen molar-refractivity contribution in [2.45, 2.75) is 40.2 Å². The third-order valence-electron chi connectivity index (χ3n) is 5.50. The Morgan fingerprint density at radius 1 is 1.19 bits per heavy atom. The van der Waals surface area contributed by atoms with Crippen LogP contribution < -0.4 is 5.32 Å². The number of nitrogens with zero attached hydrogens (tertiary/aromatic N) is 7. The highest BCUT2D eigenvalue weighted by Crippen LogP contribution is 2.27. The number of aryl methyl sites for hydroxylation is 1. The standard InChI is InChI=1S/C25H26F2N8O/c1-14(28-5)6-7-15(2)31-22-11-19-21(12-29-22)34(13-30-19)23-9-8-18(17(4)36)25(32-23)35-16(3)10-20(33-35)24(26)27/h6-13,17,24,36H,5H2,1-4H3,(H,29,31)/b14-6-,15-7+. The number of hydrogen-bond donors (Lipinski definition) is 2. The lowest BCUT2D eigenvalue weighted by atomic mass is 10.1. The van der Waals surface area contributed by atoms with Crippen LogP contribution >= 0.6 is 0 Å². The predicted octanol–water partition coefficient (Wildman–Crippen LogP) is 5.22. The number of pyridine rings is 2. The van der Waals surface area contributed by atoms with Gasteiger partial charge in [0.25, 0.3) is 6.43 Å². The molecule has 2 N–H and O–H groups in total. The summed E-state index contributed by atoms with van der Waals surface area (Å²) < 4.78 is 29.5. The molecule has 4 rings (SSSR count). The molecule has 4 aromatic heterocycles. The smallest absolute Gasteiger partial charge is 0.282 e. The summed E-state index contributed by atoms with van der Waals surface area (Å²) in [6.45, 7) is 10.5. The molecule has 0 fully saturated rings. The second-order valence-corrected chi connectivity index (χ2v) is 8.30. The van der Waals surface area contributed by atoms with Gasteiger partial charge >= 0.3 is 0 Å². The van der Waals surface area contributed by atoms with Crippen molar-refractivity contribution in [2.24, 2.45) is 4.99 Å². The number of anilines is 1. The quantitative estimate of drug-likeness (QED) is 0.258. The number of aliphatic hydroxyl groups is 1. The number of nitrogens with one attached hydrogen (secondary N) is 1. The summed E-state index contributed by atoms with van der Waals surface area (Å²) in [5.74, 6) is 1.35. The van der Waals surface area contributed by atoms with Crippen LogP contribution in [0.5, 0.6) is 0 Å². The lowest BCUT2D eigenvalue weighted by Gasteiger charge is -2.14. The Kier molecular flexibility index (Phi) is 7.02. The first-order valence-electron chi connectivity index (χ1n) is 11.1. The first kappa shape index (κ1) is 24.9. The maximum absolute atomic E-state index is 13.2. The van der Waals surface area contributed by atoms with Crippen molar-refractivity contribution in [2.75, 3.05) is 5.32 Å². The van der Waals surface area contributed by atoms with E-state index in [0.717, 1.165) is 11.4 Å². The number of aromatic nitrogens is 6. The van der Waals surface area contributed by atoms with Crippen molar-refractivity contribution in [3.8, 4) is 11.6 Å². The summed E-state index contributed by atoms with van der Waals surface area (Å²) in [6, 6.07) is 6.53. The van der Waals surface area contributed by atoms with E-state index in [1.54, 1.807) is 43.1 Å². The van der Waals surface area contributed by atoms with Gasteiger partial charge in [-0.3, -0.25) is 9.56 Å². The number of imidazole rings is 1. The van der Waals surface area contributed by atoms with Gasteiger partial charge in [0.05, 0.1) is 23.3 Å². The number of hydrogen-bond acceptors (Lipinski definition) is 7. The molecule has 0 saturated heterocycles. The van der Waals surface area contributed by atoms with Gasteiger partial charge < -0.3 is 10.4 Å². The Labute approximate surface area is 206 Å². The zero-order chi connectivity index (χ0) is 26.0. The van der Waals surface area contributed by atoms with E-state index in [9.17, 15) is 13.9 Å². The average molecular weight is 493 g/mol. The fourth-order valence-corrected chi connectivity index (χ4v) is 3.60. The fourth-order valence-electron chi connectivity index (χ4n) is 3.60. The van der Waals surface area contributed by atoms with Crippen molar-refractivity contribution in [1.29, 1.82) is 0 Å². The number of aliphatic imine (C=N–C) groups is 1. The normalized spacial score (nSPS) is 13.4. The molecule has 1 unspecified atom stereocenters. The molecule has 0 radical (unpaired) electrons. The minimum absolute atomic E-state index is 0.262. The van der Waals surface area contributed by atoms with Crippen LogP contribution in [0.2, 0.25) is 0 Å². The zero-order valence-electron chi connectivity index (χ0n) is 20.3. The van der Waals surface area contributed by atoms with Crippen LogP contribution in [-0.2, 0) is 0 Å². The first-order valence-corrected chi connectivity index (χ1v) is 11.1. The minimum atomic E-state index is -2.72. The number of rotatable bonds is 8. The van der Waals surface area contributed by atoms with Crippen LogP contribution in [0.25, 0.3) is 22.7 Å². The van der Waals surface area contributed by atoms with Gasteiger partial charge in [0.15, 0.2) is 5.82 Å². The van der Waals surface area contributed by atoms with Gasteiger partial charge in [0, 0.05) is 28.7 Å². The SMILES string of the molecule is C=N/C(C)=C\C=C(/C)Nc1cc2ncn(-c3ccc(C(C)O)c(-n4nc(C(F)F)cc4C)n3)c2cn1. The van der Waals surface area contributed by atoms with Crippen LogP contribution in [0.15, 0.2) is 65.3 Å². The first-order chi connectivity index (χ1) is 17.2. The average Bonchev–Trinajstić information content (AvgIpc) is 3.45. The van der Waals surface area contributed by atoms with E-state index < -0.39 is 12.5 Å². The molecule has 9 nitrogen and oxygen atoms in total. The van der Waals surface area contributed by atoms with E-state index in [-0.39, 0.29) is 11.5 Å². The number of halogens is 2. The Morgan fingerprint density at radius 3 is 2.64 bits per heavy atom. The topological polar surface area (TPSA) is 106 Å². The van der Waals surface area contributed by atoms with Crippen LogP contribution in [0.1, 0.15) is 50.3 Å². The molecule has 4 aromatic rings. The molecule has 11 heteroatoms. The van der Waals surface area contributed by atoms with Gasteiger partial charge in [-0.2, -0.15) is 5.10 Å². The van der Waals surface area contributed by atoms with Crippen molar-refractivity contribution in [3.63, 3.8) is 0 Å². The molecule has 0 spiro atoms. The molecule has 0 aliphatic heterocycles. The second kappa shape index (κ2) is 10.2. The summed E-state index contributed by atoms with van der Waals surface area (Å²) in [5, 5.41) is 17.5. The molecule has 186 valence electrons. The lowest BCUT2D eigenvalue weighted by Crippen LogP contribution is -2.11. The summed E-state index contributed by atoms with van der Waals surface area (Å²) in [6.07, 6.45) is 3.39. The van der Waals surface area contributed by atoms with Gasteiger partial charge in [-0.25, -0.2) is 28.4 Å². The van der Waals surface area contributed by atoms with Crippen LogP contribution in [0.4, 0.5) is 14.6 Å². The van der Waals surface area contributed by atoms with E-state index in [1.165, 1.54) is 10.7 Å². The lowest BCUT2D eigenvalue weighted by molar-refractivity contribution is 0.145. The number of allylic oxidation sites excluding steroid dienone is 4. The maximum atomic E-state index is 13.2. The van der Waals surface area contributed by atoms with E-state index in [1.807, 2.05) is 32.1 Å². The van der Waals surface area contributed by atoms with Crippen molar-refractivity contribution in [3.05, 3.63) is 77.3 Å². The molecule has 0 saturated carbocycles. The maximum Gasteiger partial charge on any atom is 0.282 e. The number of alkyl halides is 2. The van der Waals surface area contributed by atoms with Gasteiger partial charge in [-0.1, -0.05) is 0 Å². The van der Waals surface area contributed by atoms with E-state index in [2.05, 4.69) is 37.1 Å². The van der Waals surface area contributed by atoms with Gasteiger partial charge in [0.2, 0.25) is 0 Å². The number of fused-ring (bicyclic) bond motifs is 1. The van der Waals surface area contributed by atoms with E-state index in [0.29, 0.717) is 33.9 Å². The van der Waals surface area contributed by atoms with E-state index in [4.69, 9.17) is 0 Å². The number of aliphatic hydroxyl groups excluding tert-OH is 1. The van der Waals surface area contributed by atoms with Gasteiger partial charge in [-0.05, 0) is 64.8 Å². The summed E-state index contributed by atoms with van der Waals surface area (Å²) in [4.78, 5) is 17.5. The van der Waals surface area contributed by atoms with Crippen LogP contribution in [0.3, 0.4) is 0 Å². The highest BCUT2D eigenvalue weighted by atomic mass is 19.3. The second-order valence-electron chi connectivity index (χ2n) is 8.30. The third-order valence-corrected chi connectivity index (χ3v) is 5.50. The largest absolute Gasteiger partial charge is 0.389 e.